The fourth-order valence-corrected chi connectivity index (χ4v) is 3.31. The lowest BCUT2D eigenvalue weighted by Gasteiger charge is -2.28. The molecule has 3 N–H and O–H groups in total. The number of nitrogens with zero attached hydrogens (tertiary/aromatic N) is 3. The summed E-state index contributed by atoms with van der Waals surface area (Å²) >= 11 is 0. The van der Waals surface area contributed by atoms with E-state index >= 15 is 0 Å². The van der Waals surface area contributed by atoms with E-state index in [0.717, 1.165) is 29.7 Å². The van der Waals surface area contributed by atoms with Gasteiger partial charge in [0.05, 0.1) is 11.6 Å². The first-order chi connectivity index (χ1) is 19.5. The van der Waals surface area contributed by atoms with Crippen molar-refractivity contribution >= 4 is 23.0 Å². The van der Waals surface area contributed by atoms with Gasteiger partial charge in [-0.15, -0.1) is 0 Å². The fraction of sp³-hybridized carbons (Fsp3) is 0.382. The highest BCUT2D eigenvalue weighted by Crippen LogP contribution is 2.34. The standard InChI is InChI=1S/C25H21N5O.C4H10.C3H8.C2H6/c26-15-18-3-2-12-29-25(18)31-22-10-11-23(24(14-22)30-21-4-1-5-21)19(16-27)13-17-6-8-20(28)9-7-17;1-3-4-2;1-3-2;1-2/h2-3,6-14,21,30H,1,4-5,28H2;3-4H2,1-2H3;3H2,1-2H3;1-2H3/b19-13+;;;. The van der Waals surface area contributed by atoms with Crippen molar-refractivity contribution in [2.24, 2.45) is 0 Å². The molecule has 1 saturated carbocycles. The van der Waals surface area contributed by atoms with Gasteiger partial charge in [-0.2, -0.15) is 10.5 Å². The number of nitrogens with one attached hydrogen (secondary N) is 1. The number of rotatable bonds is 7. The lowest BCUT2D eigenvalue weighted by molar-refractivity contribution is 0.444. The molecule has 4 rings (SSSR count). The molecule has 0 saturated heterocycles. The summed E-state index contributed by atoms with van der Waals surface area (Å²) in [5.41, 5.74) is 9.85. The minimum atomic E-state index is 0.255. The number of pyridine rings is 1. The summed E-state index contributed by atoms with van der Waals surface area (Å²) in [5.74, 6) is 0.802. The number of nitriles is 2. The zero-order valence-corrected chi connectivity index (χ0v) is 25.0. The van der Waals surface area contributed by atoms with Crippen LogP contribution in [0.4, 0.5) is 11.4 Å². The molecule has 6 nitrogen and oxygen atoms in total. The number of ether oxygens (including phenoxy) is 1. The summed E-state index contributed by atoms with van der Waals surface area (Å²) in [5, 5.41) is 22.7. The Morgan fingerprint density at radius 2 is 1.68 bits per heavy atom. The van der Waals surface area contributed by atoms with Crippen molar-refractivity contribution in [1.82, 2.24) is 4.98 Å². The summed E-state index contributed by atoms with van der Waals surface area (Å²) in [7, 11) is 0. The number of benzene rings is 2. The Balaban J connectivity index is 0.000000788. The Bertz CT molecular complexity index is 1250. The summed E-state index contributed by atoms with van der Waals surface area (Å²) in [6.07, 6.45) is 10.7. The summed E-state index contributed by atoms with van der Waals surface area (Å²) < 4.78 is 5.88. The highest BCUT2D eigenvalue weighted by atomic mass is 16.5. The molecule has 1 fully saturated rings. The molecule has 212 valence electrons. The van der Waals surface area contributed by atoms with E-state index in [1.165, 1.54) is 25.7 Å². The average Bonchev–Trinajstić information content (AvgIpc) is 2.97. The normalized spacial score (nSPS) is 11.8. The quantitative estimate of drug-likeness (QED) is 0.176. The molecule has 3 aromatic rings. The smallest absolute Gasteiger partial charge is 0.237 e. The van der Waals surface area contributed by atoms with Gasteiger partial charge in [-0.25, -0.2) is 4.98 Å². The Morgan fingerprint density at radius 1 is 1.02 bits per heavy atom. The number of aromatic nitrogens is 1. The van der Waals surface area contributed by atoms with E-state index in [0.29, 0.717) is 28.6 Å². The Kier molecular flexibility index (Phi) is 16.6. The minimum Gasteiger partial charge on any atom is -0.438 e. The van der Waals surface area contributed by atoms with E-state index in [4.69, 9.17) is 10.5 Å². The van der Waals surface area contributed by atoms with E-state index in [9.17, 15) is 10.5 Å². The number of anilines is 2. The largest absolute Gasteiger partial charge is 0.438 e. The van der Waals surface area contributed by atoms with Crippen LogP contribution in [-0.4, -0.2) is 11.0 Å². The molecule has 1 aliphatic carbocycles. The van der Waals surface area contributed by atoms with Gasteiger partial charge < -0.3 is 15.8 Å². The van der Waals surface area contributed by atoms with E-state index in [1.54, 1.807) is 24.4 Å². The molecular weight excluding hydrogens is 494 g/mol. The molecule has 0 aliphatic heterocycles. The second kappa shape index (κ2) is 19.7. The zero-order chi connectivity index (χ0) is 29.8. The van der Waals surface area contributed by atoms with Crippen molar-refractivity contribution in [2.75, 3.05) is 11.1 Å². The predicted molar refractivity (Wildman–Crippen MR) is 169 cm³/mol. The van der Waals surface area contributed by atoms with Gasteiger partial charge in [-0.1, -0.05) is 72.9 Å². The van der Waals surface area contributed by atoms with Gasteiger partial charge in [0.25, 0.3) is 0 Å². The monoisotopic (exact) mass is 539 g/mol. The fourth-order valence-electron chi connectivity index (χ4n) is 3.31. The predicted octanol–water partition coefficient (Wildman–Crippen LogP) is 9.61. The van der Waals surface area contributed by atoms with Crippen LogP contribution < -0.4 is 15.8 Å². The minimum absolute atomic E-state index is 0.255. The van der Waals surface area contributed by atoms with Crippen LogP contribution in [0.2, 0.25) is 0 Å². The summed E-state index contributed by atoms with van der Waals surface area (Å²) in [6, 6.07) is 21.0. The van der Waals surface area contributed by atoms with Crippen LogP contribution >= 0.6 is 0 Å². The lowest BCUT2D eigenvalue weighted by Crippen LogP contribution is -2.27. The third-order valence-corrected chi connectivity index (χ3v) is 5.72. The highest BCUT2D eigenvalue weighted by molar-refractivity contribution is 5.94. The number of unbranched alkanes of at least 4 members (excludes halogenated alkanes) is 1. The first kappa shape index (κ1) is 33.7. The molecular formula is C34H45N5O. The van der Waals surface area contributed by atoms with Crippen LogP contribution in [-0.2, 0) is 0 Å². The van der Waals surface area contributed by atoms with Gasteiger partial charge in [0.2, 0.25) is 5.88 Å². The van der Waals surface area contributed by atoms with Crippen molar-refractivity contribution in [3.63, 3.8) is 0 Å². The van der Waals surface area contributed by atoms with Crippen LogP contribution in [0.5, 0.6) is 11.6 Å². The van der Waals surface area contributed by atoms with Crippen molar-refractivity contribution in [1.29, 1.82) is 10.5 Å². The molecule has 2 aromatic carbocycles. The molecule has 0 unspecified atom stereocenters. The Morgan fingerprint density at radius 3 is 2.20 bits per heavy atom. The Labute approximate surface area is 241 Å². The maximum atomic E-state index is 9.85. The number of hydrogen-bond donors (Lipinski definition) is 2. The molecule has 0 atom stereocenters. The van der Waals surface area contributed by atoms with E-state index < -0.39 is 0 Å². The molecule has 1 aromatic heterocycles. The number of allylic oxidation sites excluding steroid dienone is 1. The molecule has 40 heavy (non-hydrogen) atoms. The SMILES string of the molecule is CC.CCC.CCCC.N#C/C(=C\c1ccc(N)cc1)c1ccc(Oc2ncccc2C#N)cc1NC1CCC1. The van der Waals surface area contributed by atoms with Gasteiger partial charge in [-0.3, -0.25) is 0 Å². The molecule has 1 aliphatic rings. The van der Waals surface area contributed by atoms with Gasteiger partial charge in [0.1, 0.15) is 17.4 Å². The van der Waals surface area contributed by atoms with Gasteiger partial charge in [0.15, 0.2) is 0 Å². The van der Waals surface area contributed by atoms with Crippen LogP contribution in [0.25, 0.3) is 11.6 Å². The Hall–Kier alpha value is -4.29. The van der Waals surface area contributed by atoms with E-state index in [2.05, 4.69) is 50.1 Å². The van der Waals surface area contributed by atoms with Crippen molar-refractivity contribution < 1.29 is 4.74 Å². The van der Waals surface area contributed by atoms with Crippen molar-refractivity contribution in [3.05, 3.63) is 77.5 Å². The first-order valence-corrected chi connectivity index (χ1v) is 14.4. The van der Waals surface area contributed by atoms with E-state index in [1.807, 2.05) is 56.3 Å². The topological polar surface area (TPSA) is 108 Å². The van der Waals surface area contributed by atoms with Crippen LogP contribution in [0.3, 0.4) is 0 Å². The van der Waals surface area contributed by atoms with Crippen LogP contribution in [0.15, 0.2) is 60.8 Å². The number of nitrogens with two attached hydrogens (primary N) is 1. The maximum absolute atomic E-state index is 9.85. The highest BCUT2D eigenvalue weighted by Gasteiger charge is 2.20. The van der Waals surface area contributed by atoms with Gasteiger partial charge in [0, 0.05) is 35.2 Å². The summed E-state index contributed by atoms with van der Waals surface area (Å²) in [6.45, 7) is 12.6. The van der Waals surface area contributed by atoms with Gasteiger partial charge in [-0.05, 0) is 67.3 Å². The third-order valence-electron chi connectivity index (χ3n) is 5.72. The first-order valence-electron chi connectivity index (χ1n) is 14.4. The van der Waals surface area contributed by atoms with Crippen LogP contribution in [0, 0.1) is 22.7 Å². The average molecular weight is 540 g/mol. The maximum Gasteiger partial charge on any atom is 0.237 e. The molecule has 0 amide bonds. The van der Waals surface area contributed by atoms with E-state index in [-0.39, 0.29) is 5.88 Å². The molecule has 0 bridgehead atoms. The molecule has 1 heterocycles. The van der Waals surface area contributed by atoms with Crippen molar-refractivity contribution in [3.8, 4) is 23.8 Å². The third kappa shape index (κ3) is 11.2. The van der Waals surface area contributed by atoms with Gasteiger partial charge >= 0.3 is 0 Å². The zero-order valence-electron chi connectivity index (χ0n) is 25.0. The second-order valence-electron chi connectivity index (χ2n) is 9.09. The number of hydrogen-bond acceptors (Lipinski definition) is 6. The van der Waals surface area contributed by atoms with Crippen molar-refractivity contribution in [2.45, 2.75) is 86.1 Å². The molecule has 0 radical (unpaired) electrons. The molecule has 0 spiro atoms. The summed E-state index contributed by atoms with van der Waals surface area (Å²) in [4.78, 5) is 4.16. The van der Waals surface area contributed by atoms with Crippen LogP contribution in [0.1, 0.15) is 96.8 Å². The number of nitrogen functional groups attached to an aromatic ring is 1. The lowest BCUT2D eigenvalue weighted by atomic mass is 9.92. The second-order valence-corrected chi connectivity index (χ2v) is 9.09. The molecule has 6 heteroatoms.